The fraction of sp³-hybridized carbons (Fsp3) is 0.267. The van der Waals surface area contributed by atoms with Gasteiger partial charge < -0.3 is 4.74 Å². The summed E-state index contributed by atoms with van der Waals surface area (Å²) in [7, 11) is 0. The highest BCUT2D eigenvalue weighted by Crippen LogP contribution is 2.24. The first-order chi connectivity index (χ1) is 10.8. The first-order valence-corrected chi connectivity index (χ1v) is 6.75. The van der Waals surface area contributed by atoms with Gasteiger partial charge in [-0.1, -0.05) is 12.1 Å². The zero-order valence-electron chi connectivity index (χ0n) is 12.7. The monoisotopic (exact) mass is 318 g/mol. The molecule has 0 saturated heterocycles. The Morgan fingerprint density at radius 1 is 1.04 bits per heavy atom. The maximum atomic E-state index is 12.4. The lowest BCUT2D eigenvalue weighted by molar-refractivity contribution is -0.168. The third-order valence-corrected chi connectivity index (χ3v) is 3.17. The fourth-order valence-electron chi connectivity index (χ4n) is 2.22. The second-order valence-electron chi connectivity index (χ2n) is 4.89. The molecule has 0 unspecified atom stereocenters. The number of benzene rings is 1. The van der Waals surface area contributed by atoms with Crippen molar-refractivity contribution in [2.75, 3.05) is 0 Å². The summed E-state index contributed by atoms with van der Waals surface area (Å²) in [5.74, 6) is -4.13. The van der Waals surface area contributed by atoms with Crippen molar-refractivity contribution in [2.45, 2.75) is 26.9 Å². The number of nitrogens with zero attached hydrogens (tertiary/aromatic N) is 2. The first kappa shape index (κ1) is 16.3. The van der Waals surface area contributed by atoms with Crippen molar-refractivity contribution < 1.29 is 28.7 Å². The Hall–Kier alpha value is -3.03. The predicted octanol–water partition coefficient (Wildman–Crippen LogP) is 0.524. The molecule has 0 N–H and O–H groups in total. The van der Waals surface area contributed by atoms with Gasteiger partial charge in [-0.05, 0) is 19.1 Å². The molecule has 0 radical (unpaired) electrons. The molecule has 120 valence electrons. The van der Waals surface area contributed by atoms with Gasteiger partial charge in [0.05, 0.1) is 11.1 Å². The van der Waals surface area contributed by atoms with Crippen molar-refractivity contribution in [2.24, 2.45) is 0 Å². The molecule has 0 bridgehead atoms. The van der Waals surface area contributed by atoms with Gasteiger partial charge in [0, 0.05) is 13.8 Å². The molecule has 0 spiro atoms. The fourth-order valence-corrected chi connectivity index (χ4v) is 2.22. The summed E-state index contributed by atoms with van der Waals surface area (Å²) < 4.78 is 4.72. The normalized spacial score (nSPS) is 14.3. The molecular formula is C15H14N2O6. The smallest absolute Gasteiger partial charge is 0.303 e. The molecule has 0 aromatic heterocycles. The third-order valence-electron chi connectivity index (χ3n) is 3.17. The van der Waals surface area contributed by atoms with Crippen LogP contribution in [0.1, 0.15) is 41.5 Å². The van der Waals surface area contributed by atoms with Gasteiger partial charge in [0.1, 0.15) is 0 Å². The lowest BCUT2D eigenvalue weighted by Crippen LogP contribution is -2.55. The third kappa shape index (κ3) is 2.83. The van der Waals surface area contributed by atoms with Gasteiger partial charge in [-0.15, -0.1) is 0 Å². The van der Waals surface area contributed by atoms with Crippen molar-refractivity contribution in [3.63, 3.8) is 0 Å². The van der Waals surface area contributed by atoms with E-state index in [0.717, 1.165) is 13.8 Å². The Balaban J connectivity index is 2.39. The Kier molecular flexibility index (Phi) is 4.26. The Morgan fingerprint density at radius 2 is 1.52 bits per heavy atom. The van der Waals surface area contributed by atoms with Crippen LogP contribution in [0.3, 0.4) is 0 Å². The minimum Gasteiger partial charge on any atom is -0.453 e. The number of fused-ring (bicyclic) bond motifs is 1. The molecule has 1 aliphatic rings. The highest BCUT2D eigenvalue weighted by molar-refractivity contribution is 6.23. The van der Waals surface area contributed by atoms with Crippen LogP contribution in [0.15, 0.2) is 24.3 Å². The van der Waals surface area contributed by atoms with Crippen molar-refractivity contribution in [3.05, 3.63) is 35.4 Å². The average Bonchev–Trinajstić information content (AvgIpc) is 2.72. The molecule has 4 amide bonds. The molecule has 1 aromatic rings. The minimum absolute atomic E-state index is 0.0942. The molecular weight excluding hydrogens is 304 g/mol. The average molecular weight is 318 g/mol. The molecule has 0 fully saturated rings. The van der Waals surface area contributed by atoms with Gasteiger partial charge in [0.25, 0.3) is 17.7 Å². The molecule has 1 heterocycles. The van der Waals surface area contributed by atoms with E-state index in [4.69, 9.17) is 4.74 Å². The number of rotatable bonds is 3. The van der Waals surface area contributed by atoms with Crippen molar-refractivity contribution in [1.29, 1.82) is 0 Å². The summed E-state index contributed by atoms with van der Waals surface area (Å²) in [6.07, 6.45) is -1.32. The zero-order valence-corrected chi connectivity index (χ0v) is 12.7. The molecule has 8 nitrogen and oxygen atoms in total. The summed E-state index contributed by atoms with van der Waals surface area (Å²) in [5.41, 5.74) is 0.188. The Morgan fingerprint density at radius 3 is 1.91 bits per heavy atom. The molecule has 0 saturated carbocycles. The van der Waals surface area contributed by atoms with Crippen LogP contribution in [0.5, 0.6) is 0 Å². The number of carbonyl (C=O) groups is 5. The van der Waals surface area contributed by atoms with Crippen molar-refractivity contribution >= 4 is 29.6 Å². The van der Waals surface area contributed by atoms with E-state index in [-0.39, 0.29) is 11.1 Å². The van der Waals surface area contributed by atoms with Crippen molar-refractivity contribution in [3.8, 4) is 0 Å². The number of ether oxygens (including phenoxy) is 1. The van der Waals surface area contributed by atoms with Crippen LogP contribution in [0.2, 0.25) is 0 Å². The number of imide groups is 2. The number of hydrogen-bond donors (Lipinski definition) is 0. The number of esters is 1. The summed E-state index contributed by atoms with van der Waals surface area (Å²) in [4.78, 5) is 59.8. The number of hydrazine groups is 1. The standard InChI is InChI=1S/C15H14N2O6/c1-8(23-10(3)19)13(20)16(9(2)18)17-14(21)11-6-4-5-7-12(11)15(17)22/h4-8H,1-3H3/t8-/m0/s1. The van der Waals surface area contributed by atoms with Gasteiger partial charge in [0.15, 0.2) is 6.10 Å². The largest absolute Gasteiger partial charge is 0.453 e. The Labute approximate surface area is 131 Å². The van der Waals surface area contributed by atoms with E-state index in [9.17, 15) is 24.0 Å². The quantitative estimate of drug-likeness (QED) is 0.595. The minimum atomic E-state index is -1.32. The van der Waals surface area contributed by atoms with Gasteiger partial charge in [0.2, 0.25) is 5.91 Å². The van der Waals surface area contributed by atoms with E-state index in [1.807, 2.05) is 0 Å². The van der Waals surface area contributed by atoms with Crippen LogP contribution < -0.4 is 0 Å². The van der Waals surface area contributed by atoms with Gasteiger partial charge in [-0.2, -0.15) is 10.0 Å². The van der Waals surface area contributed by atoms with Crippen LogP contribution >= 0.6 is 0 Å². The summed E-state index contributed by atoms with van der Waals surface area (Å²) in [5, 5.41) is 0.869. The molecule has 1 aromatic carbocycles. The van der Waals surface area contributed by atoms with Crippen LogP contribution in [0, 0.1) is 0 Å². The van der Waals surface area contributed by atoms with Gasteiger partial charge in [-0.25, -0.2) is 0 Å². The summed E-state index contributed by atoms with van der Waals surface area (Å²) in [6, 6.07) is 5.98. The molecule has 1 aliphatic heterocycles. The van der Waals surface area contributed by atoms with Crippen LogP contribution in [-0.4, -0.2) is 45.7 Å². The lowest BCUT2D eigenvalue weighted by Gasteiger charge is -2.28. The van der Waals surface area contributed by atoms with E-state index in [0.29, 0.717) is 10.0 Å². The van der Waals surface area contributed by atoms with E-state index >= 15 is 0 Å². The first-order valence-electron chi connectivity index (χ1n) is 6.75. The second-order valence-corrected chi connectivity index (χ2v) is 4.89. The predicted molar refractivity (Wildman–Crippen MR) is 75.7 cm³/mol. The molecule has 0 aliphatic carbocycles. The highest BCUT2D eigenvalue weighted by atomic mass is 16.5. The van der Waals surface area contributed by atoms with E-state index in [1.165, 1.54) is 19.1 Å². The van der Waals surface area contributed by atoms with Crippen LogP contribution in [-0.2, 0) is 19.1 Å². The summed E-state index contributed by atoms with van der Waals surface area (Å²) in [6.45, 7) is 3.38. The molecule has 2 rings (SSSR count). The highest BCUT2D eigenvalue weighted by Gasteiger charge is 2.44. The number of amides is 4. The zero-order chi connectivity index (χ0) is 17.3. The van der Waals surface area contributed by atoms with E-state index in [2.05, 4.69) is 0 Å². The van der Waals surface area contributed by atoms with Gasteiger partial charge in [-0.3, -0.25) is 24.0 Å². The maximum absolute atomic E-state index is 12.4. The van der Waals surface area contributed by atoms with Crippen LogP contribution in [0.25, 0.3) is 0 Å². The Bertz CT molecular complexity index is 691. The SMILES string of the molecule is CC(=O)O[C@@H](C)C(=O)N(C(C)=O)N1C(=O)c2ccccc2C1=O. The summed E-state index contributed by atoms with van der Waals surface area (Å²) >= 11 is 0. The molecule has 1 atom stereocenters. The maximum Gasteiger partial charge on any atom is 0.303 e. The lowest BCUT2D eigenvalue weighted by atomic mass is 10.1. The van der Waals surface area contributed by atoms with Crippen molar-refractivity contribution in [1.82, 2.24) is 10.0 Å². The van der Waals surface area contributed by atoms with E-state index in [1.54, 1.807) is 12.1 Å². The topological polar surface area (TPSA) is 101 Å². The van der Waals surface area contributed by atoms with Gasteiger partial charge >= 0.3 is 5.97 Å². The number of carbonyl (C=O) groups excluding carboxylic acids is 5. The molecule has 8 heteroatoms. The van der Waals surface area contributed by atoms with Crippen LogP contribution in [0.4, 0.5) is 0 Å². The van der Waals surface area contributed by atoms with E-state index < -0.39 is 35.7 Å². The number of hydrogen-bond acceptors (Lipinski definition) is 6. The second kappa shape index (κ2) is 5.99. The molecule has 23 heavy (non-hydrogen) atoms.